The Labute approximate surface area is 206 Å². The van der Waals surface area contributed by atoms with E-state index in [2.05, 4.69) is 5.32 Å². The van der Waals surface area contributed by atoms with Crippen molar-refractivity contribution in [2.45, 2.75) is 17.9 Å². The third-order valence-electron chi connectivity index (χ3n) is 4.92. The van der Waals surface area contributed by atoms with E-state index in [9.17, 15) is 18.8 Å². The Kier molecular flexibility index (Phi) is 8.86. The number of methoxy groups -OCH3 is 2. The summed E-state index contributed by atoms with van der Waals surface area (Å²) < 4.78 is 28.9. The van der Waals surface area contributed by atoms with Gasteiger partial charge in [0.05, 0.1) is 31.1 Å². The lowest BCUT2D eigenvalue weighted by Gasteiger charge is -2.16. The average Bonchev–Trinajstić information content (AvgIpc) is 2.88. The van der Waals surface area contributed by atoms with Gasteiger partial charge in [0.25, 0.3) is 0 Å². The molecule has 3 aromatic rings. The second-order valence-corrected chi connectivity index (χ2v) is 8.34. The molecule has 1 amide bonds. The molecular formula is C26H24FNO6S. The van der Waals surface area contributed by atoms with Crippen LogP contribution in [0.5, 0.6) is 11.5 Å². The van der Waals surface area contributed by atoms with Gasteiger partial charge in [-0.2, -0.15) is 0 Å². The Morgan fingerprint density at radius 1 is 0.943 bits per heavy atom. The highest BCUT2D eigenvalue weighted by Crippen LogP contribution is 2.27. The fraction of sp³-hybridized carbons (Fsp3) is 0.192. The van der Waals surface area contributed by atoms with E-state index in [0.717, 1.165) is 11.8 Å². The van der Waals surface area contributed by atoms with Crippen LogP contribution in [0.25, 0.3) is 0 Å². The largest absolute Gasteiger partial charge is 0.497 e. The molecule has 3 aromatic carbocycles. The van der Waals surface area contributed by atoms with E-state index in [-0.39, 0.29) is 22.8 Å². The van der Waals surface area contributed by atoms with Crippen molar-refractivity contribution in [1.82, 2.24) is 0 Å². The predicted molar refractivity (Wildman–Crippen MR) is 131 cm³/mol. The van der Waals surface area contributed by atoms with Crippen LogP contribution >= 0.6 is 11.8 Å². The number of benzene rings is 3. The van der Waals surface area contributed by atoms with Crippen molar-refractivity contribution in [2.75, 3.05) is 25.3 Å². The number of halogens is 1. The van der Waals surface area contributed by atoms with Crippen LogP contribution in [0.2, 0.25) is 0 Å². The smallest absolute Gasteiger partial charge is 0.339 e. The maximum absolute atomic E-state index is 13.0. The fourth-order valence-electron chi connectivity index (χ4n) is 3.13. The number of carbonyl (C=O) groups excluding carboxylic acids is 3. The Bertz CT molecular complexity index is 1210. The summed E-state index contributed by atoms with van der Waals surface area (Å²) >= 11 is 1.14. The van der Waals surface area contributed by atoms with Crippen molar-refractivity contribution in [3.05, 3.63) is 83.7 Å². The van der Waals surface area contributed by atoms with Crippen molar-refractivity contribution in [3.8, 4) is 11.5 Å². The van der Waals surface area contributed by atoms with Crippen molar-refractivity contribution in [1.29, 1.82) is 0 Å². The third kappa shape index (κ3) is 6.83. The van der Waals surface area contributed by atoms with Crippen LogP contribution in [-0.4, -0.2) is 43.7 Å². The molecule has 0 bridgehead atoms. The van der Waals surface area contributed by atoms with Gasteiger partial charge >= 0.3 is 5.97 Å². The van der Waals surface area contributed by atoms with E-state index in [1.165, 1.54) is 45.4 Å². The second-order valence-electron chi connectivity index (χ2n) is 7.32. The molecule has 9 heteroatoms. The zero-order valence-corrected chi connectivity index (χ0v) is 20.2. The maximum atomic E-state index is 13.0. The molecule has 0 aliphatic heterocycles. The van der Waals surface area contributed by atoms with Gasteiger partial charge in [-0.15, -0.1) is 11.8 Å². The lowest BCUT2D eigenvalue weighted by Crippen LogP contribution is -2.25. The first kappa shape index (κ1) is 25.8. The van der Waals surface area contributed by atoms with Crippen LogP contribution in [0.15, 0.2) is 71.6 Å². The predicted octanol–water partition coefficient (Wildman–Crippen LogP) is 5.00. The quantitative estimate of drug-likeness (QED) is 0.239. The Balaban J connectivity index is 1.65. The molecule has 0 aliphatic carbocycles. The van der Waals surface area contributed by atoms with Gasteiger partial charge in [0.2, 0.25) is 11.7 Å². The minimum Gasteiger partial charge on any atom is -0.497 e. The highest BCUT2D eigenvalue weighted by molar-refractivity contribution is 8.00. The van der Waals surface area contributed by atoms with Crippen LogP contribution in [0.4, 0.5) is 10.1 Å². The molecule has 3 rings (SSSR count). The van der Waals surface area contributed by atoms with Gasteiger partial charge in [0, 0.05) is 16.6 Å². The monoisotopic (exact) mass is 497 g/mol. The van der Waals surface area contributed by atoms with Crippen LogP contribution in [0.3, 0.4) is 0 Å². The molecule has 0 unspecified atom stereocenters. The zero-order chi connectivity index (χ0) is 25.4. The number of carbonyl (C=O) groups is 3. The summed E-state index contributed by atoms with van der Waals surface area (Å²) in [6, 6.07) is 16.8. The zero-order valence-electron chi connectivity index (χ0n) is 19.4. The van der Waals surface area contributed by atoms with Crippen molar-refractivity contribution >= 4 is 35.1 Å². The molecule has 0 spiro atoms. The van der Waals surface area contributed by atoms with E-state index < -0.39 is 23.7 Å². The second kappa shape index (κ2) is 12.0. The molecule has 35 heavy (non-hydrogen) atoms. The molecule has 7 nitrogen and oxygen atoms in total. The average molecular weight is 498 g/mol. The van der Waals surface area contributed by atoms with Gasteiger partial charge in [-0.3, -0.25) is 9.59 Å². The highest BCUT2D eigenvalue weighted by atomic mass is 32.2. The van der Waals surface area contributed by atoms with Gasteiger partial charge < -0.3 is 19.5 Å². The summed E-state index contributed by atoms with van der Waals surface area (Å²) in [6.07, 6.45) is -1.08. The molecule has 0 saturated carbocycles. The molecular weight excluding hydrogens is 473 g/mol. The Morgan fingerprint density at radius 3 is 2.34 bits per heavy atom. The summed E-state index contributed by atoms with van der Waals surface area (Å²) in [5, 5.41) is 2.66. The maximum Gasteiger partial charge on any atom is 0.339 e. The van der Waals surface area contributed by atoms with Crippen LogP contribution in [0.1, 0.15) is 27.6 Å². The van der Waals surface area contributed by atoms with Crippen LogP contribution < -0.4 is 14.8 Å². The first-order valence-electron chi connectivity index (χ1n) is 10.6. The first-order chi connectivity index (χ1) is 16.8. The lowest BCUT2D eigenvalue weighted by atomic mass is 10.1. The number of anilines is 1. The van der Waals surface area contributed by atoms with Gasteiger partial charge in [0.15, 0.2) is 6.10 Å². The first-order valence-corrected chi connectivity index (χ1v) is 11.6. The molecule has 0 heterocycles. The summed E-state index contributed by atoms with van der Waals surface area (Å²) in [7, 11) is 2.94. The summed E-state index contributed by atoms with van der Waals surface area (Å²) in [5.74, 6) is -0.998. The van der Waals surface area contributed by atoms with E-state index in [0.29, 0.717) is 22.1 Å². The number of amides is 1. The molecule has 182 valence electrons. The standard InChI is InChI=1S/C26H24FNO6S/c1-16(25(30)20-13-12-19(32-2)14-22(20)33-3)34-26(31)21-6-4-5-7-23(21)35-15-24(29)28-18-10-8-17(27)9-11-18/h4-14,16H,15H2,1-3H3,(H,28,29)/t16-/m0/s1. The number of esters is 1. The summed E-state index contributed by atoms with van der Waals surface area (Å²) in [4.78, 5) is 38.6. The molecule has 0 radical (unpaired) electrons. The summed E-state index contributed by atoms with van der Waals surface area (Å²) in [5.41, 5.74) is 0.952. The van der Waals surface area contributed by atoms with Gasteiger partial charge in [-0.05, 0) is 55.5 Å². The number of rotatable bonds is 10. The number of Topliss-reactive ketones (excluding diaryl/α,β-unsaturated/α-hetero) is 1. The molecule has 0 saturated heterocycles. The molecule has 0 aliphatic rings. The van der Waals surface area contributed by atoms with Gasteiger partial charge in [-0.25, -0.2) is 9.18 Å². The number of hydrogen-bond donors (Lipinski definition) is 1. The SMILES string of the molecule is COc1ccc(C(=O)[C@H](C)OC(=O)c2ccccc2SCC(=O)Nc2ccc(F)cc2)c(OC)c1. The van der Waals surface area contributed by atoms with Gasteiger partial charge in [0.1, 0.15) is 17.3 Å². The van der Waals surface area contributed by atoms with Gasteiger partial charge in [-0.1, -0.05) is 12.1 Å². The molecule has 1 atom stereocenters. The minimum atomic E-state index is -1.08. The number of hydrogen-bond acceptors (Lipinski definition) is 7. The van der Waals surface area contributed by atoms with Crippen molar-refractivity contribution in [3.63, 3.8) is 0 Å². The van der Waals surface area contributed by atoms with E-state index in [1.807, 2.05) is 0 Å². The normalized spacial score (nSPS) is 11.3. The minimum absolute atomic E-state index is 0.0131. The number of ether oxygens (including phenoxy) is 3. The highest BCUT2D eigenvalue weighted by Gasteiger charge is 2.25. The number of nitrogens with one attached hydrogen (secondary N) is 1. The number of thioether (sulfide) groups is 1. The number of ketones is 1. The summed E-state index contributed by atoms with van der Waals surface area (Å²) in [6.45, 7) is 1.48. The molecule has 1 N–H and O–H groups in total. The van der Waals surface area contributed by atoms with Crippen LogP contribution in [0, 0.1) is 5.82 Å². The van der Waals surface area contributed by atoms with Crippen molar-refractivity contribution < 1.29 is 33.0 Å². The van der Waals surface area contributed by atoms with E-state index >= 15 is 0 Å². The topological polar surface area (TPSA) is 90.9 Å². The van der Waals surface area contributed by atoms with E-state index in [1.54, 1.807) is 42.5 Å². The third-order valence-corrected chi connectivity index (χ3v) is 5.99. The van der Waals surface area contributed by atoms with E-state index in [4.69, 9.17) is 14.2 Å². The Hall–Kier alpha value is -3.85. The molecule has 0 aromatic heterocycles. The molecule has 0 fully saturated rings. The lowest BCUT2D eigenvalue weighted by molar-refractivity contribution is -0.113. The Morgan fingerprint density at radius 2 is 1.66 bits per heavy atom. The van der Waals surface area contributed by atoms with Crippen molar-refractivity contribution in [2.24, 2.45) is 0 Å². The fourth-order valence-corrected chi connectivity index (χ4v) is 3.97. The van der Waals surface area contributed by atoms with Crippen LogP contribution in [-0.2, 0) is 9.53 Å².